The van der Waals surface area contributed by atoms with Crippen LogP contribution in [0.25, 0.3) is 0 Å². The fourth-order valence-electron chi connectivity index (χ4n) is 2.37. The molecular weight excluding hydrogens is 234 g/mol. The first-order valence-corrected chi connectivity index (χ1v) is 6.71. The third kappa shape index (κ3) is 2.99. The van der Waals surface area contributed by atoms with E-state index in [2.05, 4.69) is 54.3 Å². The Bertz CT molecular complexity index is 564. The Kier molecular flexibility index (Phi) is 4.27. The van der Waals surface area contributed by atoms with E-state index >= 15 is 0 Å². The van der Waals surface area contributed by atoms with Crippen LogP contribution in [0.1, 0.15) is 41.0 Å². The van der Waals surface area contributed by atoms with Gasteiger partial charge in [-0.3, -0.25) is 9.97 Å². The van der Waals surface area contributed by atoms with Crippen LogP contribution in [0.2, 0.25) is 0 Å². The van der Waals surface area contributed by atoms with Gasteiger partial charge in [-0.05, 0) is 56.1 Å². The van der Waals surface area contributed by atoms with E-state index in [1.807, 2.05) is 19.3 Å². The predicted molar refractivity (Wildman–Crippen MR) is 78.2 cm³/mol. The summed E-state index contributed by atoms with van der Waals surface area (Å²) in [5.74, 6) is 0. The minimum absolute atomic E-state index is 0.159. The molecule has 0 bridgehead atoms. The first kappa shape index (κ1) is 13.7. The van der Waals surface area contributed by atoms with Crippen molar-refractivity contribution in [1.82, 2.24) is 15.3 Å². The molecule has 1 atom stereocenters. The summed E-state index contributed by atoms with van der Waals surface area (Å²) in [6.45, 7) is 9.24. The lowest BCUT2D eigenvalue weighted by atomic mass is 9.95. The second-order valence-corrected chi connectivity index (χ2v) is 4.85. The standard InChI is InChI=1S/C16H21N3/c1-5-18-16(15-10-17-9-8-11(15)2)14-7-6-12(3)19-13(14)4/h6-10,16,18H,5H2,1-4H3. The molecule has 100 valence electrons. The molecule has 0 aliphatic carbocycles. The molecule has 1 N–H and O–H groups in total. The number of nitrogens with one attached hydrogen (secondary N) is 1. The summed E-state index contributed by atoms with van der Waals surface area (Å²) < 4.78 is 0. The van der Waals surface area contributed by atoms with E-state index in [4.69, 9.17) is 0 Å². The fourth-order valence-corrected chi connectivity index (χ4v) is 2.37. The fraction of sp³-hybridized carbons (Fsp3) is 0.375. The van der Waals surface area contributed by atoms with Crippen molar-refractivity contribution >= 4 is 0 Å². The van der Waals surface area contributed by atoms with Gasteiger partial charge in [0.2, 0.25) is 0 Å². The van der Waals surface area contributed by atoms with Crippen molar-refractivity contribution in [2.24, 2.45) is 0 Å². The SMILES string of the molecule is CCNC(c1cnccc1C)c1ccc(C)nc1C. The van der Waals surface area contributed by atoms with Crippen molar-refractivity contribution in [3.8, 4) is 0 Å². The van der Waals surface area contributed by atoms with Crippen LogP contribution < -0.4 is 5.32 Å². The zero-order chi connectivity index (χ0) is 13.8. The lowest BCUT2D eigenvalue weighted by Crippen LogP contribution is -2.24. The van der Waals surface area contributed by atoms with E-state index in [1.165, 1.54) is 16.7 Å². The van der Waals surface area contributed by atoms with Crippen molar-refractivity contribution < 1.29 is 0 Å². The minimum atomic E-state index is 0.159. The highest BCUT2D eigenvalue weighted by Gasteiger charge is 2.17. The molecule has 0 saturated carbocycles. The molecule has 3 nitrogen and oxygen atoms in total. The molecule has 0 radical (unpaired) electrons. The first-order valence-electron chi connectivity index (χ1n) is 6.71. The first-order chi connectivity index (χ1) is 9.13. The van der Waals surface area contributed by atoms with Crippen molar-refractivity contribution in [3.63, 3.8) is 0 Å². The Balaban J connectivity index is 2.48. The number of rotatable bonds is 4. The second-order valence-electron chi connectivity index (χ2n) is 4.85. The molecule has 0 aromatic carbocycles. The van der Waals surface area contributed by atoms with Crippen LogP contribution in [0.3, 0.4) is 0 Å². The van der Waals surface area contributed by atoms with Gasteiger partial charge >= 0.3 is 0 Å². The number of aryl methyl sites for hydroxylation is 3. The van der Waals surface area contributed by atoms with Crippen LogP contribution in [0, 0.1) is 20.8 Å². The normalized spacial score (nSPS) is 12.4. The zero-order valence-electron chi connectivity index (χ0n) is 12.1. The van der Waals surface area contributed by atoms with Gasteiger partial charge in [0.15, 0.2) is 0 Å². The average molecular weight is 255 g/mol. The van der Waals surface area contributed by atoms with E-state index in [0.717, 1.165) is 17.9 Å². The van der Waals surface area contributed by atoms with Crippen LogP contribution in [0.5, 0.6) is 0 Å². The third-order valence-electron chi connectivity index (χ3n) is 3.38. The van der Waals surface area contributed by atoms with Crippen LogP contribution in [0.15, 0.2) is 30.6 Å². The summed E-state index contributed by atoms with van der Waals surface area (Å²) in [4.78, 5) is 8.83. The van der Waals surface area contributed by atoms with Gasteiger partial charge in [-0.1, -0.05) is 13.0 Å². The molecular formula is C16H21N3. The van der Waals surface area contributed by atoms with E-state index in [1.54, 1.807) is 0 Å². The van der Waals surface area contributed by atoms with E-state index in [9.17, 15) is 0 Å². The van der Waals surface area contributed by atoms with Crippen molar-refractivity contribution in [1.29, 1.82) is 0 Å². The van der Waals surface area contributed by atoms with Crippen LogP contribution >= 0.6 is 0 Å². The maximum Gasteiger partial charge on any atom is 0.0612 e. The van der Waals surface area contributed by atoms with E-state index in [0.29, 0.717) is 0 Å². The topological polar surface area (TPSA) is 37.8 Å². The molecule has 0 aliphatic rings. The van der Waals surface area contributed by atoms with Gasteiger partial charge in [-0.2, -0.15) is 0 Å². The van der Waals surface area contributed by atoms with Gasteiger partial charge in [0.1, 0.15) is 0 Å². The lowest BCUT2D eigenvalue weighted by molar-refractivity contribution is 0.619. The molecule has 2 rings (SSSR count). The van der Waals surface area contributed by atoms with Crippen LogP contribution in [0.4, 0.5) is 0 Å². The maximum absolute atomic E-state index is 4.57. The summed E-state index contributed by atoms with van der Waals surface area (Å²) in [5, 5.41) is 3.54. The van der Waals surface area contributed by atoms with Crippen LogP contribution in [-0.2, 0) is 0 Å². The molecule has 2 aromatic heterocycles. The van der Waals surface area contributed by atoms with Gasteiger partial charge in [0, 0.05) is 23.8 Å². The molecule has 2 heterocycles. The quantitative estimate of drug-likeness (QED) is 0.912. The van der Waals surface area contributed by atoms with E-state index < -0.39 is 0 Å². The molecule has 0 amide bonds. The molecule has 19 heavy (non-hydrogen) atoms. The van der Waals surface area contributed by atoms with E-state index in [-0.39, 0.29) is 6.04 Å². The predicted octanol–water partition coefficient (Wildman–Crippen LogP) is 3.10. The minimum Gasteiger partial charge on any atom is -0.306 e. The number of hydrogen-bond donors (Lipinski definition) is 1. The number of aromatic nitrogens is 2. The van der Waals surface area contributed by atoms with Gasteiger partial charge in [0.05, 0.1) is 6.04 Å². The highest BCUT2D eigenvalue weighted by molar-refractivity contribution is 5.37. The summed E-state index contributed by atoms with van der Waals surface area (Å²) in [6, 6.07) is 6.44. The molecule has 3 heteroatoms. The van der Waals surface area contributed by atoms with Gasteiger partial charge < -0.3 is 5.32 Å². The summed E-state index contributed by atoms with van der Waals surface area (Å²) >= 11 is 0. The molecule has 0 spiro atoms. The Labute approximate surface area is 115 Å². The molecule has 0 saturated heterocycles. The Morgan fingerprint density at radius 2 is 1.89 bits per heavy atom. The Hall–Kier alpha value is -1.74. The van der Waals surface area contributed by atoms with Gasteiger partial charge in [-0.25, -0.2) is 0 Å². The smallest absolute Gasteiger partial charge is 0.0612 e. The largest absolute Gasteiger partial charge is 0.306 e. The monoisotopic (exact) mass is 255 g/mol. The van der Waals surface area contributed by atoms with Crippen molar-refractivity contribution in [3.05, 3.63) is 58.7 Å². The summed E-state index contributed by atoms with van der Waals surface area (Å²) in [7, 11) is 0. The molecule has 0 aliphatic heterocycles. The number of hydrogen-bond acceptors (Lipinski definition) is 3. The lowest BCUT2D eigenvalue weighted by Gasteiger charge is -2.22. The van der Waals surface area contributed by atoms with Gasteiger partial charge in [0.25, 0.3) is 0 Å². The van der Waals surface area contributed by atoms with Gasteiger partial charge in [-0.15, -0.1) is 0 Å². The highest BCUT2D eigenvalue weighted by Crippen LogP contribution is 2.26. The van der Waals surface area contributed by atoms with Crippen LogP contribution in [-0.4, -0.2) is 16.5 Å². The third-order valence-corrected chi connectivity index (χ3v) is 3.38. The maximum atomic E-state index is 4.57. The van der Waals surface area contributed by atoms with Crippen molar-refractivity contribution in [2.45, 2.75) is 33.7 Å². The summed E-state index contributed by atoms with van der Waals surface area (Å²) in [6.07, 6.45) is 3.78. The second kappa shape index (κ2) is 5.93. The highest BCUT2D eigenvalue weighted by atomic mass is 14.9. The Morgan fingerprint density at radius 1 is 1.11 bits per heavy atom. The Morgan fingerprint density at radius 3 is 2.53 bits per heavy atom. The number of pyridine rings is 2. The average Bonchev–Trinajstić information content (AvgIpc) is 2.38. The molecule has 1 unspecified atom stereocenters. The molecule has 0 fully saturated rings. The molecule has 2 aromatic rings. The summed E-state index contributed by atoms with van der Waals surface area (Å²) in [5.41, 5.74) is 5.83. The zero-order valence-corrected chi connectivity index (χ0v) is 12.1. The van der Waals surface area contributed by atoms with Crippen molar-refractivity contribution in [2.75, 3.05) is 6.54 Å². The number of nitrogens with zero attached hydrogens (tertiary/aromatic N) is 2.